The standard InChI is InChI=1S/C15H8F8O3S/c16-13(17)12-7-10(26-27(24,25)15(21,22)23)4-5-11(12)8-2-1-3-9(6-8)14(18,19)20/h1-7,13H. The summed E-state index contributed by atoms with van der Waals surface area (Å²) < 4.78 is 127. The van der Waals surface area contributed by atoms with E-state index in [2.05, 4.69) is 4.18 Å². The highest BCUT2D eigenvalue weighted by atomic mass is 32.2. The maximum Gasteiger partial charge on any atom is 0.534 e. The summed E-state index contributed by atoms with van der Waals surface area (Å²) in [5.74, 6) is -1.06. The molecular weight excluding hydrogens is 412 g/mol. The van der Waals surface area contributed by atoms with Crippen molar-refractivity contribution in [1.82, 2.24) is 0 Å². The van der Waals surface area contributed by atoms with Gasteiger partial charge >= 0.3 is 21.8 Å². The van der Waals surface area contributed by atoms with E-state index in [0.29, 0.717) is 24.3 Å². The molecule has 0 fully saturated rings. The van der Waals surface area contributed by atoms with Gasteiger partial charge in [-0.15, -0.1) is 0 Å². The van der Waals surface area contributed by atoms with Crippen molar-refractivity contribution < 1.29 is 47.7 Å². The minimum Gasteiger partial charge on any atom is -0.376 e. The largest absolute Gasteiger partial charge is 0.534 e. The van der Waals surface area contributed by atoms with Crippen molar-refractivity contribution in [3.8, 4) is 16.9 Å². The Morgan fingerprint density at radius 3 is 2.04 bits per heavy atom. The zero-order valence-electron chi connectivity index (χ0n) is 12.8. The summed E-state index contributed by atoms with van der Waals surface area (Å²) in [7, 11) is -6.09. The Bertz CT molecular complexity index is 933. The van der Waals surface area contributed by atoms with Crippen LogP contribution < -0.4 is 4.18 Å². The highest BCUT2D eigenvalue weighted by Crippen LogP contribution is 2.38. The molecule has 0 amide bonds. The maximum absolute atomic E-state index is 13.2. The predicted molar refractivity (Wildman–Crippen MR) is 77.4 cm³/mol. The van der Waals surface area contributed by atoms with Gasteiger partial charge in [-0.3, -0.25) is 0 Å². The predicted octanol–water partition coefficient (Wildman–Crippen LogP) is 5.54. The Balaban J connectivity index is 2.52. The van der Waals surface area contributed by atoms with E-state index in [1.165, 1.54) is 0 Å². The van der Waals surface area contributed by atoms with Crippen molar-refractivity contribution in [2.75, 3.05) is 0 Å². The minimum atomic E-state index is -6.09. The average molecular weight is 420 g/mol. The Hall–Kier alpha value is -2.37. The summed E-state index contributed by atoms with van der Waals surface area (Å²) in [4.78, 5) is 0. The van der Waals surface area contributed by atoms with Crippen LogP contribution in [0.25, 0.3) is 11.1 Å². The van der Waals surface area contributed by atoms with E-state index in [4.69, 9.17) is 0 Å². The quantitative estimate of drug-likeness (QED) is 0.371. The molecule has 148 valence electrons. The molecule has 0 aliphatic heterocycles. The molecule has 0 unspecified atom stereocenters. The molecule has 0 aliphatic rings. The SMILES string of the molecule is O=S(=O)(Oc1ccc(-c2cccc(C(F)(F)F)c2)c(C(F)F)c1)C(F)(F)F. The van der Waals surface area contributed by atoms with Crippen LogP contribution in [-0.2, 0) is 16.3 Å². The molecular formula is C15H8F8O3S. The molecule has 2 rings (SSSR count). The van der Waals surface area contributed by atoms with E-state index in [9.17, 15) is 43.5 Å². The van der Waals surface area contributed by atoms with Gasteiger partial charge in [-0.1, -0.05) is 18.2 Å². The Labute approximate surface area is 147 Å². The first-order valence-electron chi connectivity index (χ1n) is 6.83. The smallest absolute Gasteiger partial charge is 0.376 e. The first-order chi connectivity index (χ1) is 12.2. The van der Waals surface area contributed by atoms with E-state index < -0.39 is 50.7 Å². The first kappa shape index (κ1) is 20.9. The molecule has 27 heavy (non-hydrogen) atoms. The van der Waals surface area contributed by atoms with Gasteiger partial charge < -0.3 is 4.18 Å². The van der Waals surface area contributed by atoms with E-state index in [1.807, 2.05) is 0 Å². The zero-order chi connectivity index (χ0) is 20.6. The fourth-order valence-corrected chi connectivity index (χ4v) is 2.52. The van der Waals surface area contributed by atoms with Crippen LogP contribution in [0, 0.1) is 0 Å². The molecule has 2 aromatic rings. The summed E-state index contributed by atoms with van der Waals surface area (Å²) in [6, 6.07) is 5.04. The van der Waals surface area contributed by atoms with Crippen LogP contribution in [0.2, 0.25) is 0 Å². The van der Waals surface area contributed by atoms with Crippen LogP contribution in [0.1, 0.15) is 17.6 Å². The number of hydrogen-bond donors (Lipinski definition) is 0. The van der Waals surface area contributed by atoms with Crippen LogP contribution >= 0.6 is 0 Å². The second-order valence-electron chi connectivity index (χ2n) is 5.11. The second kappa shape index (κ2) is 6.98. The van der Waals surface area contributed by atoms with Gasteiger partial charge in [-0.05, 0) is 35.4 Å². The monoisotopic (exact) mass is 420 g/mol. The molecule has 0 heterocycles. The van der Waals surface area contributed by atoms with E-state index >= 15 is 0 Å². The summed E-state index contributed by atoms with van der Waals surface area (Å²) >= 11 is 0. The van der Waals surface area contributed by atoms with Crippen molar-refractivity contribution in [1.29, 1.82) is 0 Å². The van der Waals surface area contributed by atoms with Crippen molar-refractivity contribution in [3.05, 3.63) is 53.6 Å². The number of alkyl halides is 8. The zero-order valence-corrected chi connectivity index (χ0v) is 13.6. The van der Waals surface area contributed by atoms with Gasteiger partial charge in [0.1, 0.15) is 5.75 Å². The molecule has 0 atom stereocenters. The summed E-state index contributed by atoms with van der Waals surface area (Å²) in [6.45, 7) is 0. The van der Waals surface area contributed by atoms with Crippen molar-refractivity contribution in [3.63, 3.8) is 0 Å². The third-order valence-electron chi connectivity index (χ3n) is 3.25. The van der Waals surface area contributed by atoms with Crippen LogP contribution in [0.4, 0.5) is 35.1 Å². The molecule has 12 heteroatoms. The lowest BCUT2D eigenvalue weighted by molar-refractivity contribution is -0.137. The third kappa shape index (κ3) is 4.67. The molecule has 2 aromatic carbocycles. The lowest BCUT2D eigenvalue weighted by atomic mass is 9.98. The lowest BCUT2D eigenvalue weighted by Gasteiger charge is -2.14. The van der Waals surface area contributed by atoms with Crippen molar-refractivity contribution >= 4 is 10.1 Å². The molecule has 0 radical (unpaired) electrons. The maximum atomic E-state index is 13.2. The fraction of sp³-hybridized carbons (Fsp3) is 0.200. The molecule has 0 saturated carbocycles. The Kier molecular flexibility index (Phi) is 5.41. The number of rotatable bonds is 4. The first-order valence-corrected chi connectivity index (χ1v) is 8.23. The lowest BCUT2D eigenvalue weighted by Crippen LogP contribution is -2.28. The molecule has 3 nitrogen and oxygen atoms in total. The Morgan fingerprint density at radius 2 is 1.52 bits per heavy atom. The fourth-order valence-electron chi connectivity index (χ4n) is 2.07. The van der Waals surface area contributed by atoms with Crippen LogP contribution in [0.5, 0.6) is 5.75 Å². The van der Waals surface area contributed by atoms with Gasteiger partial charge in [0.15, 0.2) is 0 Å². The molecule has 0 aromatic heterocycles. The number of halogens is 8. The third-order valence-corrected chi connectivity index (χ3v) is 4.23. The van der Waals surface area contributed by atoms with Gasteiger partial charge in [-0.25, -0.2) is 8.78 Å². The molecule has 0 spiro atoms. The molecule has 0 bridgehead atoms. The summed E-state index contributed by atoms with van der Waals surface area (Å²) in [6.07, 6.45) is -8.07. The van der Waals surface area contributed by atoms with Gasteiger partial charge in [0.25, 0.3) is 6.43 Å². The van der Waals surface area contributed by atoms with Crippen LogP contribution in [0.3, 0.4) is 0 Å². The normalized spacial score (nSPS) is 13.1. The molecule has 0 saturated heterocycles. The topological polar surface area (TPSA) is 43.4 Å². The van der Waals surface area contributed by atoms with Crippen molar-refractivity contribution in [2.24, 2.45) is 0 Å². The van der Waals surface area contributed by atoms with Crippen LogP contribution in [-0.4, -0.2) is 13.9 Å². The summed E-state index contributed by atoms with van der Waals surface area (Å²) in [5.41, 5.74) is -8.61. The number of hydrogen-bond acceptors (Lipinski definition) is 3. The highest BCUT2D eigenvalue weighted by Gasteiger charge is 2.48. The van der Waals surface area contributed by atoms with Gasteiger partial charge in [0, 0.05) is 5.56 Å². The van der Waals surface area contributed by atoms with E-state index in [1.54, 1.807) is 0 Å². The van der Waals surface area contributed by atoms with Gasteiger partial charge in [0.05, 0.1) is 5.56 Å². The van der Waals surface area contributed by atoms with Gasteiger partial charge in [-0.2, -0.15) is 34.8 Å². The number of benzene rings is 2. The Morgan fingerprint density at radius 1 is 0.889 bits per heavy atom. The van der Waals surface area contributed by atoms with Crippen molar-refractivity contribution in [2.45, 2.75) is 18.1 Å². The van der Waals surface area contributed by atoms with E-state index in [-0.39, 0.29) is 5.56 Å². The molecule has 0 N–H and O–H groups in total. The highest BCUT2D eigenvalue weighted by molar-refractivity contribution is 7.88. The second-order valence-corrected chi connectivity index (χ2v) is 6.65. The minimum absolute atomic E-state index is 0.287. The average Bonchev–Trinajstić information content (AvgIpc) is 2.52. The van der Waals surface area contributed by atoms with E-state index in [0.717, 1.165) is 18.2 Å². The molecule has 0 aliphatic carbocycles. The van der Waals surface area contributed by atoms with Gasteiger partial charge in [0.2, 0.25) is 0 Å². The summed E-state index contributed by atoms with van der Waals surface area (Å²) in [5, 5.41) is 0. The van der Waals surface area contributed by atoms with Crippen LogP contribution in [0.15, 0.2) is 42.5 Å².